The van der Waals surface area contributed by atoms with Crippen LogP contribution in [0.15, 0.2) is 46.9 Å². The van der Waals surface area contributed by atoms with Crippen molar-refractivity contribution in [1.82, 2.24) is 10.9 Å². The maximum Gasteiger partial charge on any atom is 0.276 e. The predicted octanol–water partition coefficient (Wildman–Crippen LogP) is 2.97. The standard InChI is InChI=1S/C18H18BrClN2O5/c1-25-8-9-26-15-5-3-2-4-13(15)18(24)22-21-17(23)11-27-16-7-6-12(19)10-14(16)20/h2-7,10H,8-9,11H2,1H3,(H,21,23)(H,22,24). The fraction of sp³-hybridized carbons (Fsp3) is 0.222. The molecule has 2 rings (SSSR count). The third kappa shape index (κ3) is 6.74. The molecule has 27 heavy (non-hydrogen) atoms. The highest BCUT2D eigenvalue weighted by Gasteiger charge is 2.13. The van der Waals surface area contributed by atoms with Gasteiger partial charge in [0, 0.05) is 11.6 Å². The molecule has 2 aromatic carbocycles. The number of hydrazine groups is 1. The van der Waals surface area contributed by atoms with Gasteiger partial charge in [0.1, 0.15) is 18.1 Å². The van der Waals surface area contributed by atoms with Crippen molar-refractivity contribution in [2.24, 2.45) is 0 Å². The summed E-state index contributed by atoms with van der Waals surface area (Å²) in [5, 5.41) is 0.364. The van der Waals surface area contributed by atoms with Crippen LogP contribution in [0.1, 0.15) is 10.4 Å². The average Bonchev–Trinajstić information content (AvgIpc) is 2.66. The Kier molecular flexibility index (Phi) is 8.38. The van der Waals surface area contributed by atoms with Crippen molar-refractivity contribution in [2.75, 3.05) is 26.9 Å². The maximum atomic E-state index is 12.3. The zero-order valence-corrected chi connectivity index (χ0v) is 16.8. The topological polar surface area (TPSA) is 85.9 Å². The first-order valence-corrected chi connectivity index (χ1v) is 9.06. The second-order valence-electron chi connectivity index (χ2n) is 5.20. The Morgan fingerprint density at radius 2 is 1.81 bits per heavy atom. The predicted molar refractivity (Wildman–Crippen MR) is 104 cm³/mol. The molecule has 2 aromatic rings. The molecular formula is C18H18BrClN2O5. The molecule has 0 aliphatic heterocycles. The molecule has 9 heteroatoms. The molecule has 0 radical (unpaired) electrons. The van der Waals surface area contributed by atoms with E-state index in [2.05, 4.69) is 26.8 Å². The largest absolute Gasteiger partial charge is 0.490 e. The molecule has 144 valence electrons. The lowest BCUT2D eigenvalue weighted by Gasteiger charge is -2.12. The number of amides is 2. The Morgan fingerprint density at radius 3 is 2.56 bits per heavy atom. The number of carbonyl (C=O) groups is 2. The zero-order valence-electron chi connectivity index (χ0n) is 14.5. The molecule has 0 fully saturated rings. The van der Waals surface area contributed by atoms with E-state index in [0.717, 1.165) is 4.47 Å². The molecule has 0 saturated carbocycles. The first kappa shape index (κ1) is 21.0. The second-order valence-corrected chi connectivity index (χ2v) is 6.53. The molecule has 0 heterocycles. The van der Waals surface area contributed by atoms with Gasteiger partial charge in [-0.25, -0.2) is 0 Å². The summed E-state index contributed by atoms with van der Waals surface area (Å²) >= 11 is 9.29. The maximum absolute atomic E-state index is 12.3. The van der Waals surface area contributed by atoms with Gasteiger partial charge in [-0.3, -0.25) is 20.4 Å². The van der Waals surface area contributed by atoms with Gasteiger partial charge < -0.3 is 14.2 Å². The van der Waals surface area contributed by atoms with Crippen molar-refractivity contribution in [3.05, 3.63) is 57.5 Å². The van der Waals surface area contributed by atoms with Gasteiger partial charge in [0.15, 0.2) is 6.61 Å². The first-order chi connectivity index (χ1) is 13.0. The van der Waals surface area contributed by atoms with Crippen molar-refractivity contribution in [3.8, 4) is 11.5 Å². The molecule has 0 aliphatic rings. The lowest BCUT2D eigenvalue weighted by Crippen LogP contribution is -2.44. The Morgan fingerprint density at radius 1 is 1.04 bits per heavy atom. The number of halogens is 2. The van der Waals surface area contributed by atoms with Crippen molar-refractivity contribution in [1.29, 1.82) is 0 Å². The van der Waals surface area contributed by atoms with E-state index >= 15 is 0 Å². The van der Waals surface area contributed by atoms with Crippen molar-refractivity contribution in [2.45, 2.75) is 0 Å². The number of ether oxygens (including phenoxy) is 3. The summed E-state index contributed by atoms with van der Waals surface area (Å²) in [7, 11) is 1.56. The molecule has 0 unspecified atom stereocenters. The van der Waals surface area contributed by atoms with Gasteiger partial charge in [0.2, 0.25) is 0 Å². The highest BCUT2D eigenvalue weighted by Crippen LogP contribution is 2.27. The normalized spacial score (nSPS) is 10.2. The van der Waals surface area contributed by atoms with Gasteiger partial charge in [-0.15, -0.1) is 0 Å². The quantitative estimate of drug-likeness (QED) is 0.470. The number of carbonyl (C=O) groups excluding carboxylic acids is 2. The summed E-state index contributed by atoms with van der Waals surface area (Å²) in [6.45, 7) is 0.380. The Balaban J connectivity index is 1.85. The van der Waals surface area contributed by atoms with Crippen LogP contribution in [0.3, 0.4) is 0 Å². The van der Waals surface area contributed by atoms with Crippen LogP contribution in [0.2, 0.25) is 5.02 Å². The Hall–Kier alpha value is -2.29. The van der Waals surface area contributed by atoms with Gasteiger partial charge in [0.05, 0.1) is 17.2 Å². The van der Waals surface area contributed by atoms with Crippen LogP contribution in [0.5, 0.6) is 11.5 Å². The minimum atomic E-state index is -0.542. The number of methoxy groups -OCH3 is 1. The molecule has 0 saturated heterocycles. The summed E-state index contributed by atoms with van der Waals surface area (Å²) in [6, 6.07) is 11.7. The van der Waals surface area contributed by atoms with E-state index in [4.69, 9.17) is 25.8 Å². The van der Waals surface area contributed by atoms with Crippen LogP contribution in [-0.4, -0.2) is 38.7 Å². The summed E-state index contributed by atoms with van der Waals surface area (Å²) in [4.78, 5) is 24.1. The van der Waals surface area contributed by atoms with Gasteiger partial charge in [0.25, 0.3) is 11.8 Å². The van der Waals surface area contributed by atoms with Crippen molar-refractivity contribution < 1.29 is 23.8 Å². The zero-order chi connectivity index (χ0) is 19.6. The van der Waals surface area contributed by atoms with Gasteiger partial charge in [-0.1, -0.05) is 39.7 Å². The molecule has 0 aromatic heterocycles. The highest BCUT2D eigenvalue weighted by molar-refractivity contribution is 9.10. The minimum absolute atomic E-state index is 0.283. The van der Waals surface area contributed by atoms with Crippen LogP contribution in [0.25, 0.3) is 0 Å². The average molecular weight is 458 g/mol. The van der Waals surface area contributed by atoms with Gasteiger partial charge >= 0.3 is 0 Å². The molecular weight excluding hydrogens is 440 g/mol. The molecule has 2 N–H and O–H groups in total. The van der Waals surface area contributed by atoms with Crippen molar-refractivity contribution in [3.63, 3.8) is 0 Å². The molecule has 0 spiro atoms. The number of nitrogens with one attached hydrogen (secondary N) is 2. The van der Waals surface area contributed by atoms with Crippen LogP contribution in [0.4, 0.5) is 0 Å². The third-order valence-electron chi connectivity index (χ3n) is 3.24. The smallest absolute Gasteiger partial charge is 0.276 e. The molecule has 2 amide bonds. The molecule has 0 atom stereocenters. The van der Waals surface area contributed by atoms with E-state index in [-0.39, 0.29) is 12.2 Å². The lowest BCUT2D eigenvalue weighted by molar-refractivity contribution is -0.123. The van der Waals surface area contributed by atoms with Crippen LogP contribution in [-0.2, 0) is 9.53 Å². The Bertz CT molecular complexity index is 803. The number of rotatable bonds is 8. The molecule has 0 bridgehead atoms. The summed E-state index contributed by atoms with van der Waals surface area (Å²) in [5.41, 5.74) is 4.88. The SMILES string of the molecule is COCCOc1ccccc1C(=O)NNC(=O)COc1ccc(Br)cc1Cl. The fourth-order valence-electron chi connectivity index (χ4n) is 1.98. The van der Waals surface area contributed by atoms with E-state index in [1.54, 1.807) is 49.6 Å². The first-order valence-electron chi connectivity index (χ1n) is 7.89. The third-order valence-corrected chi connectivity index (χ3v) is 4.03. The molecule has 7 nitrogen and oxygen atoms in total. The van der Waals surface area contributed by atoms with E-state index in [0.29, 0.717) is 29.7 Å². The van der Waals surface area contributed by atoms with Crippen molar-refractivity contribution >= 4 is 39.3 Å². The summed E-state index contributed by atoms with van der Waals surface area (Å²) < 4.78 is 16.5. The van der Waals surface area contributed by atoms with E-state index in [1.165, 1.54) is 0 Å². The number of para-hydroxylation sites is 1. The second kappa shape index (κ2) is 10.8. The van der Waals surface area contributed by atoms with Gasteiger partial charge in [-0.05, 0) is 30.3 Å². The van der Waals surface area contributed by atoms with E-state index < -0.39 is 11.8 Å². The van der Waals surface area contributed by atoms with Crippen LogP contribution in [0, 0.1) is 0 Å². The lowest BCUT2D eigenvalue weighted by atomic mass is 10.2. The van der Waals surface area contributed by atoms with Gasteiger partial charge in [-0.2, -0.15) is 0 Å². The highest BCUT2D eigenvalue weighted by atomic mass is 79.9. The molecule has 0 aliphatic carbocycles. The van der Waals surface area contributed by atoms with E-state index in [1.807, 2.05) is 0 Å². The fourth-order valence-corrected chi connectivity index (χ4v) is 2.71. The Labute approximate surface area is 170 Å². The summed E-state index contributed by atoms with van der Waals surface area (Å²) in [5.74, 6) is -0.310. The number of benzene rings is 2. The number of hydrogen-bond donors (Lipinski definition) is 2. The summed E-state index contributed by atoms with van der Waals surface area (Å²) in [6.07, 6.45) is 0. The van der Waals surface area contributed by atoms with Crippen LogP contribution < -0.4 is 20.3 Å². The van der Waals surface area contributed by atoms with E-state index in [9.17, 15) is 9.59 Å². The minimum Gasteiger partial charge on any atom is -0.490 e. The number of hydrogen-bond acceptors (Lipinski definition) is 5. The monoisotopic (exact) mass is 456 g/mol. The van der Waals surface area contributed by atoms with Crippen LogP contribution >= 0.6 is 27.5 Å².